The lowest BCUT2D eigenvalue weighted by molar-refractivity contribution is 0.140. The second-order valence-electron chi connectivity index (χ2n) is 6.10. The number of likely N-dealkylation sites (tertiary alicyclic amines) is 1. The Kier molecular flexibility index (Phi) is 5.74. The summed E-state index contributed by atoms with van der Waals surface area (Å²) in [6.45, 7) is 10.6. The fourth-order valence-electron chi connectivity index (χ4n) is 3.29. The molecular formula is C17H26ClNO. The van der Waals surface area contributed by atoms with Crippen molar-refractivity contribution in [1.82, 2.24) is 4.90 Å². The molecule has 1 aliphatic rings. The van der Waals surface area contributed by atoms with E-state index in [9.17, 15) is 0 Å². The molecule has 112 valence electrons. The van der Waals surface area contributed by atoms with Crippen molar-refractivity contribution in [2.45, 2.75) is 32.6 Å². The molecule has 1 heterocycles. The van der Waals surface area contributed by atoms with Crippen LogP contribution >= 0.6 is 11.6 Å². The summed E-state index contributed by atoms with van der Waals surface area (Å²) in [7, 11) is 0. The number of halogens is 1. The van der Waals surface area contributed by atoms with E-state index in [1.165, 1.54) is 6.42 Å². The van der Waals surface area contributed by atoms with E-state index < -0.39 is 0 Å². The molecule has 3 heteroatoms. The number of piperidine rings is 1. The zero-order valence-corrected chi connectivity index (χ0v) is 13.6. The molecular weight excluding hydrogens is 270 g/mol. The van der Waals surface area contributed by atoms with Crippen LogP contribution in [0.5, 0.6) is 5.75 Å². The van der Waals surface area contributed by atoms with Crippen molar-refractivity contribution in [3.63, 3.8) is 0 Å². The van der Waals surface area contributed by atoms with Gasteiger partial charge in [0.1, 0.15) is 5.75 Å². The van der Waals surface area contributed by atoms with E-state index in [0.29, 0.717) is 6.61 Å². The average Bonchev–Trinajstić information content (AvgIpc) is 2.38. The lowest BCUT2D eigenvalue weighted by Gasteiger charge is -2.36. The summed E-state index contributed by atoms with van der Waals surface area (Å²) in [5.74, 6) is 2.46. The maximum absolute atomic E-state index is 6.65. The van der Waals surface area contributed by atoms with Crippen LogP contribution in [0.15, 0.2) is 24.3 Å². The van der Waals surface area contributed by atoms with Gasteiger partial charge < -0.3 is 9.64 Å². The van der Waals surface area contributed by atoms with Gasteiger partial charge in [0.05, 0.1) is 12.0 Å². The summed E-state index contributed by atoms with van der Waals surface area (Å²) >= 11 is 6.65. The third-order valence-electron chi connectivity index (χ3n) is 3.92. The molecule has 2 rings (SSSR count). The Morgan fingerprint density at radius 2 is 1.90 bits per heavy atom. The Morgan fingerprint density at radius 3 is 2.55 bits per heavy atom. The molecule has 3 atom stereocenters. The van der Waals surface area contributed by atoms with E-state index in [-0.39, 0.29) is 5.38 Å². The Hall–Kier alpha value is -0.730. The Bertz CT molecular complexity index is 413. The van der Waals surface area contributed by atoms with Crippen molar-refractivity contribution in [3.05, 3.63) is 29.8 Å². The van der Waals surface area contributed by atoms with E-state index in [4.69, 9.17) is 16.3 Å². The topological polar surface area (TPSA) is 12.5 Å². The van der Waals surface area contributed by atoms with Crippen LogP contribution in [0.1, 0.15) is 38.1 Å². The van der Waals surface area contributed by atoms with Gasteiger partial charge in [-0.3, -0.25) is 0 Å². The first-order chi connectivity index (χ1) is 9.60. The number of para-hydroxylation sites is 1. The minimum atomic E-state index is -0.00440. The highest BCUT2D eigenvalue weighted by Crippen LogP contribution is 2.32. The number of ether oxygens (including phenoxy) is 1. The summed E-state index contributed by atoms with van der Waals surface area (Å²) < 4.78 is 5.69. The van der Waals surface area contributed by atoms with Crippen LogP contribution in [-0.4, -0.2) is 31.1 Å². The summed E-state index contributed by atoms with van der Waals surface area (Å²) in [5.41, 5.74) is 1.11. The molecule has 0 N–H and O–H groups in total. The van der Waals surface area contributed by atoms with Crippen molar-refractivity contribution < 1.29 is 4.74 Å². The number of nitrogens with zero attached hydrogens (tertiary/aromatic N) is 1. The molecule has 0 aromatic heterocycles. The third kappa shape index (κ3) is 4.13. The summed E-state index contributed by atoms with van der Waals surface area (Å²) in [5, 5.41) is -0.00440. The maximum atomic E-state index is 6.65. The molecule has 1 aliphatic heterocycles. The maximum Gasteiger partial charge on any atom is 0.124 e. The van der Waals surface area contributed by atoms with Crippen LogP contribution in [0.2, 0.25) is 0 Å². The average molecular weight is 296 g/mol. The minimum Gasteiger partial charge on any atom is -0.494 e. The Balaban J connectivity index is 2.02. The van der Waals surface area contributed by atoms with Crippen LogP contribution in [-0.2, 0) is 0 Å². The van der Waals surface area contributed by atoms with E-state index in [1.54, 1.807) is 0 Å². The van der Waals surface area contributed by atoms with Gasteiger partial charge in [-0.1, -0.05) is 32.0 Å². The number of hydrogen-bond donors (Lipinski definition) is 0. The SMILES string of the molecule is CCOc1ccccc1C(Cl)CN1CC(C)CC(C)C1. The number of alkyl halides is 1. The van der Waals surface area contributed by atoms with Crippen molar-refractivity contribution >= 4 is 11.6 Å². The molecule has 0 aliphatic carbocycles. The van der Waals surface area contributed by atoms with Crippen molar-refractivity contribution in [2.24, 2.45) is 11.8 Å². The normalized spacial score (nSPS) is 25.4. The highest BCUT2D eigenvalue weighted by atomic mass is 35.5. The first-order valence-electron chi connectivity index (χ1n) is 7.68. The van der Waals surface area contributed by atoms with E-state index in [0.717, 1.165) is 42.8 Å². The molecule has 0 saturated carbocycles. The fraction of sp³-hybridized carbons (Fsp3) is 0.647. The quantitative estimate of drug-likeness (QED) is 0.749. The van der Waals surface area contributed by atoms with Crippen LogP contribution in [0, 0.1) is 11.8 Å². The molecule has 2 nitrogen and oxygen atoms in total. The highest BCUT2D eigenvalue weighted by Gasteiger charge is 2.24. The van der Waals surface area contributed by atoms with E-state index in [1.807, 2.05) is 25.1 Å². The lowest BCUT2D eigenvalue weighted by atomic mass is 9.91. The van der Waals surface area contributed by atoms with Crippen molar-refractivity contribution in [2.75, 3.05) is 26.2 Å². The first-order valence-corrected chi connectivity index (χ1v) is 8.12. The van der Waals surface area contributed by atoms with Crippen LogP contribution in [0.3, 0.4) is 0 Å². The Morgan fingerprint density at radius 1 is 1.25 bits per heavy atom. The summed E-state index contributed by atoms with van der Waals surface area (Å²) in [6, 6.07) is 8.13. The van der Waals surface area contributed by atoms with E-state index >= 15 is 0 Å². The second kappa shape index (κ2) is 7.33. The summed E-state index contributed by atoms with van der Waals surface area (Å²) in [6.07, 6.45) is 1.33. The van der Waals surface area contributed by atoms with Crippen molar-refractivity contribution in [3.8, 4) is 5.75 Å². The minimum absolute atomic E-state index is 0.00440. The zero-order chi connectivity index (χ0) is 14.5. The van der Waals surface area contributed by atoms with Gasteiger partial charge in [0.15, 0.2) is 0 Å². The monoisotopic (exact) mass is 295 g/mol. The van der Waals surface area contributed by atoms with Gasteiger partial charge in [0.25, 0.3) is 0 Å². The zero-order valence-electron chi connectivity index (χ0n) is 12.8. The predicted molar refractivity (Wildman–Crippen MR) is 85.6 cm³/mol. The molecule has 0 bridgehead atoms. The number of rotatable bonds is 5. The molecule has 1 fully saturated rings. The van der Waals surface area contributed by atoms with Crippen LogP contribution in [0.25, 0.3) is 0 Å². The molecule has 20 heavy (non-hydrogen) atoms. The second-order valence-corrected chi connectivity index (χ2v) is 6.63. The Labute approximate surface area is 128 Å². The van der Waals surface area contributed by atoms with E-state index in [2.05, 4.69) is 24.8 Å². The van der Waals surface area contributed by atoms with Crippen LogP contribution in [0.4, 0.5) is 0 Å². The highest BCUT2D eigenvalue weighted by molar-refractivity contribution is 6.21. The molecule has 0 spiro atoms. The van der Waals surface area contributed by atoms with Gasteiger partial charge in [-0.25, -0.2) is 0 Å². The molecule has 1 saturated heterocycles. The first kappa shape index (κ1) is 15.7. The van der Waals surface area contributed by atoms with Gasteiger partial charge in [-0.15, -0.1) is 11.6 Å². The number of benzene rings is 1. The van der Waals surface area contributed by atoms with Gasteiger partial charge in [-0.05, 0) is 31.2 Å². The van der Waals surface area contributed by atoms with Gasteiger partial charge in [0.2, 0.25) is 0 Å². The lowest BCUT2D eigenvalue weighted by Crippen LogP contribution is -2.40. The molecule has 3 unspecified atom stereocenters. The smallest absolute Gasteiger partial charge is 0.124 e. The standard InChI is InChI=1S/C17H26ClNO/c1-4-20-17-8-6-5-7-15(17)16(18)12-19-10-13(2)9-14(3)11-19/h5-8,13-14,16H,4,9-12H2,1-3H3. The number of hydrogen-bond acceptors (Lipinski definition) is 2. The third-order valence-corrected chi connectivity index (χ3v) is 4.29. The molecule has 1 aromatic carbocycles. The fourth-order valence-corrected chi connectivity index (χ4v) is 3.67. The van der Waals surface area contributed by atoms with Gasteiger partial charge in [-0.2, -0.15) is 0 Å². The van der Waals surface area contributed by atoms with Crippen molar-refractivity contribution in [1.29, 1.82) is 0 Å². The molecule has 0 radical (unpaired) electrons. The largest absolute Gasteiger partial charge is 0.494 e. The molecule has 0 amide bonds. The predicted octanol–water partition coefficient (Wildman–Crippen LogP) is 4.34. The van der Waals surface area contributed by atoms with Gasteiger partial charge >= 0.3 is 0 Å². The summed E-state index contributed by atoms with van der Waals surface area (Å²) in [4.78, 5) is 2.50. The van der Waals surface area contributed by atoms with Gasteiger partial charge in [0, 0.05) is 25.2 Å². The van der Waals surface area contributed by atoms with Crippen LogP contribution < -0.4 is 4.74 Å². The molecule has 1 aromatic rings.